The number of piperidine rings is 1. The van der Waals surface area contributed by atoms with Gasteiger partial charge in [-0.3, -0.25) is 4.79 Å². The summed E-state index contributed by atoms with van der Waals surface area (Å²) in [4.78, 5) is 14.8. The van der Waals surface area contributed by atoms with Crippen molar-refractivity contribution in [3.63, 3.8) is 0 Å². The number of Topliss-reactive ketones (excluding diaryl/α,β-unsaturated/α-hetero) is 1. The number of likely N-dealkylation sites (tertiary alicyclic amines) is 1. The zero-order chi connectivity index (χ0) is 21.1. The molecular weight excluding hydrogens is 382 g/mol. The highest BCUT2D eigenvalue weighted by atomic mass is 35.5. The summed E-state index contributed by atoms with van der Waals surface area (Å²) in [5.74, 6) is 0.208. The highest BCUT2D eigenvalue weighted by Crippen LogP contribution is 2.33. The Labute approximate surface area is 179 Å². The topological polar surface area (TPSA) is 40.5 Å². The number of carbonyl (C=O) groups excluding carboxylic acids is 1. The summed E-state index contributed by atoms with van der Waals surface area (Å²) in [5, 5.41) is 11.7. The van der Waals surface area contributed by atoms with Crippen LogP contribution in [0.4, 0.5) is 0 Å². The number of hydrogen-bond donors (Lipinski definition) is 1. The van der Waals surface area contributed by atoms with E-state index in [1.165, 1.54) is 5.56 Å². The summed E-state index contributed by atoms with van der Waals surface area (Å²) in [6.45, 7) is 9.10. The smallest absolute Gasteiger partial charge is 0.162 e. The van der Waals surface area contributed by atoms with Crippen molar-refractivity contribution in [3.05, 3.63) is 70.2 Å². The summed E-state index contributed by atoms with van der Waals surface area (Å²) >= 11 is 5.96. The lowest BCUT2D eigenvalue weighted by Gasteiger charge is -2.38. The molecule has 29 heavy (non-hydrogen) atoms. The number of hydrogen-bond acceptors (Lipinski definition) is 3. The Bertz CT molecular complexity index is 813. The van der Waals surface area contributed by atoms with Crippen LogP contribution >= 0.6 is 11.6 Å². The Hall–Kier alpha value is -1.68. The van der Waals surface area contributed by atoms with Crippen molar-refractivity contribution in [1.29, 1.82) is 0 Å². The molecule has 4 heteroatoms. The highest BCUT2D eigenvalue weighted by Gasteiger charge is 2.33. The molecule has 0 saturated carbocycles. The van der Waals surface area contributed by atoms with E-state index in [2.05, 4.69) is 37.8 Å². The number of ketones is 1. The fourth-order valence-electron chi connectivity index (χ4n) is 3.96. The predicted molar refractivity (Wildman–Crippen MR) is 120 cm³/mol. The van der Waals surface area contributed by atoms with Crippen molar-refractivity contribution in [2.45, 2.75) is 57.5 Å². The van der Waals surface area contributed by atoms with E-state index in [9.17, 15) is 9.90 Å². The van der Waals surface area contributed by atoms with Gasteiger partial charge in [0.1, 0.15) is 0 Å². The molecule has 1 saturated heterocycles. The number of carbonyl (C=O) groups is 1. The van der Waals surface area contributed by atoms with Crippen molar-refractivity contribution in [1.82, 2.24) is 4.90 Å². The molecule has 0 spiro atoms. The maximum atomic E-state index is 12.5. The van der Waals surface area contributed by atoms with Gasteiger partial charge in [-0.1, -0.05) is 68.8 Å². The van der Waals surface area contributed by atoms with Gasteiger partial charge in [0.15, 0.2) is 5.78 Å². The lowest BCUT2D eigenvalue weighted by atomic mass is 9.84. The minimum Gasteiger partial charge on any atom is -0.385 e. The summed E-state index contributed by atoms with van der Waals surface area (Å²) in [5.41, 5.74) is 2.31. The first-order valence-electron chi connectivity index (χ1n) is 10.5. The lowest BCUT2D eigenvalue weighted by molar-refractivity contribution is -0.0260. The van der Waals surface area contributed by atoms with Crippen LogP contribution in [0.2, 0.25) is 5.02 Å². The number of rotatable bonds is 6. The molecule has 0 radical (unpaired) electrons. The van der Waals surface area contributed by atoms with E-state index < -0.39 is 5.60 Å². The molecule has 2 aromatic carbocycles. The molecule has 0 amide bonds. The van der Waals surface area contributed by atoms with Crippen LogP contribution in [0.25, 0.3) is 0 Å². The average molecular weight is 414 g/mol. The van der Waals surface area contributed by atoms with Gasteiger partial charge >= 0.3 is 0 Å². The molecule has 0 bridgehead atoms. The average Bonchev–Trinajstić information content (AvgIpc) is 2.69. The van der Waals surface area contributed by atoms with Crippen LogP contribution in [-0.2, 0) is 11.0 Å². The van der Waals surface area contributed by atoms with Crippen molar-refractivity contribution >= 4 is 17.4 Å². The van der Waals surface area contributed by atoms with E-state index >= 15 is 0 Å². The second kappa shape index (κ2) is 8.99. The predicted octanol–water partition coefficient (Wildman–Crippen LogP) is 5.58. The molecule has 0 unspecified atom stereocenters. The molecule has 1 aliphatic heterocycles. The number of benzene rings is 2. The maximum absolute atomic E-state index is 12.5. The van der Waals surface area contributed by atoms with Crippen molar-refractivity contribution in [2.75, 3.05) is 19.6 Å². The summed E-state index contributed by atoms with van der Waals surface area (Å²) in [6.07, 6.45) is 2.82. The number of aliphatic hydroxyl groups is 1. The molecule has 1 fully saturated rings. The van der Waals surface area contributed by atoms with E-state index in [1.54, 1.807) is 0 Å². The fraction of sp³-hybridized carbons (Fsp3) is 0.480. The standard InChI is InChI=1S/C25H32ClNO2/c1-24(2,3)20-8-6-19(7-9-20)23(28)5-4-16-27-17-14-25(29,15-18-27)21-10-12-22(26)13-11-21/h6-13,29H,4-5,14-18H2,1-3H3. The van der Waals surface area contributed by atoms with Crippen LogP contribution in [0.5, 0.6) is 0 Å². The third kappa shape index (κ3) is 5.69. The van der Waals surface area contributed by atoms with Gasteiger partial charge in [0, 0.05) is 30.1 Å². The Morgan fingerprint density at radius 2 is 1.62 bits per heavy atom. The molecule has 1 N–H and O–H groups in total. The first-order valence-corrected chi connectivity index (χ1v) is 10.9. The van der Waals surface area contributed by atoms with Crippen molar-refractivity contribution in [2.24, 2.45) is 0 Å². The van der Waals surface area contributed by atoms with E-state index in [0.29, 0.717) is 24.3 Å². The van der Waals surface area contributed by atoms with E-state index in [0.717, 1.165) is 37.2 Å². The van der Waals surface area contributed by atoms with Crippen LogP contribution < -0.4 is 0 Å². The largest absolute Gasteiger partial charge is 0.385 e. The van der Waals surface area contributed by atoms with Crippen LogP contribution in [0.1, 0.15) is 67.9 Å². The Balaban J connectivity index is 1.45. The quantitative estimate of drug-likeness (QED) is 0.628. The fourth-order valence-corrected chi connectivity index (χ4v) is 4.09. The Morgan fingerprint density at radius 3 is 2.17 bits per heavy atom. The minimum absolute atomic E-state index is 0.101. The van der Waals surface area contributed by atoms with E-state index in [4.69, 9.17) is 11.6 Å². The molecule has 0 aliphatic carbocycles. The molecule has 3 nitrogen and oxygen atoms in total. The van der Waals surface area contributed by atoms with Gasteiger partial charge in [0.2, 0.25) is 0 Å². The normalized spacial score (nSPS) is 17.3. The van der Waals surface area contributed by atoms with Crippen LogP contribution in [-0.4, -0.2) is 35.4 Å². The zero-order valence-corrected chi connectivity index (χ0v) is 18.5. The monoisotopic (exact) mass is 413 g/mol. The molecule has 2 aromatic rings. The summed E-state index contributed by atoms with van der Waals surface area (Å²) < 4.78 is 0. The summed E-state index contributed by atoms with van der Waals surface area (Å²) in [7, 11) is 0. The highest BCUT2D eigenvalue weighted by molar-refractivity contribution is 6.30. The SMILES string of the molecule is CC(C)(C)c1ccc(C(=O)CCCN2CCC(O)(c3ccc(Cl)cc3)CC2)cc1. The molecule has 0 atom stereocenters. The second-order valence-electron chi connectivity index (χ2n) is 9.23. The summed E-state index contributed by atoms with van der Waals surface area (Å²) in [6, 6.07) is 15.5. The molecule has 1 aliphatic rings. The Morgan fingerprint density at radius 1 is 1.03 bits per heavy atom. The Kier molecular flexibility index (Phi) is 6.83. The number of halogens is 1. The van der Waals surface area contributed by atoms with Gasteiger partial charge in [0.25, 0.3) is 0 Å². The molecule has 1 heterocycles. The van der Waals surface area contributed by atoms with Crippen LogP contribution in [0.15, 0.2) is 48.5 Å². The van der Waals surface area contributed by atoms with Gasteiger partial charge in [-0.15, -0.1) is 0 Å². The van der Waals surface area contributed by atoms with Gasteiger partial charge < -0.3 is 10.0 Å². The minimum atomic E-state index is -0.772. The third-order valence-electron chi connectivity index (χ3n) is 6.02. The molecule has 156 valence electrons. The van der Waals surface area contributed by atoms with Crippen molar-refractivity contribution in [3.8, 4) is 0 Å². The first kappa shape index (κ1) is 22.0. The van der Waals surface area contributed by atoms with E-state index in [1.807, 2.05) is 36.4 Å². The molecule has 3 rings (SSSR count). The molecule has 0 aromatic heterocycles. The maximum Gasteiger partial charge on any atom is 0.162 e. The van der Waals surface area contributed by atoms with Gasteiger partial charge in [-0.05, 0) is 54.5 Å². The lowest BCUT2D eigenvalue weighted by Crippen LogP contribution is -2.42. The number of nitrogens with zero attached hydrogens (tertiary/aromatic N) is 1. The zero-order valence-electron chi connectivity index (χ0n) is 17.7. The first-order chi connectivity index (χ1) is 13.7. The van der Waals surface area contributed by atoms with Crippen LogP contribution in [0.3, 0.4) is 0 Å². The third-order valence-corrected chi connectivity index (χ3v) is 6.27. The molecular formula is C25H32ClNO2. The van der Waals surface area contributed by atoms with Crippen molar-refractivity contribution < 1.29 is 9.90 Å². The van der Waals surface area contributed by atoms with Gasteiger partial charge in [-0.25, -0.2) is 0 Å². The van der Waals surface area contributed by atoms with E-state index in [-0.39, 0.29) is 11.2 Å². The second-order valence-corrected chi connectivity index (χ2v) is 9.67. The van der Waals surface area contributed by atoms with Gasteiger partial charge in [-0.2, -0.15) is 0 Å². The van der Waals surface area contributed by atoms with Gasteiger partial charge in [0.05, 0.1) is 5.60 Å². The van der Waals surface area contributed by atoms with Crippen LogP contribution in [0, 0.1) is 0 Å².